The standard InChI is InChI=1S/C29H38N6O3S/c1-2-28(36)35-13-8-23(9-14-35)33-11-6-21(7-12-33)22-3-4-27-25(19-22)32-29-24(20-38-27)26(5-10-31-29)34-15-17-39(30,37)18-16-34/h2-5,10,19,21,23,30H,1,6-9,11-18,20H2,(H,31,32). The molecule has 0 aliphatic carbocycles. The first-order valence-electron chi connectivity index (χ1n) is 14.1. The second-order valence-electron chi connectivity index (χ2n) is 11.1. The minimum atomic E-state index is -2.45. The van der Waals surface area contributed by atoms with Gasteiger partial charge in [-0.2, -0.15) is 0 Å². The number of benzene rings is 1. The van der Waals surface area contributed by atoms with Crippen LogP contribution >= 0.6 is 0 Å². The van der Waals surface area contributed by atoms with Crippen LogP contribution in [-0.2, 0) is 21.1 Å². The molecule has 6 rings (SSSR count). The number of anilines is 3. The maximum absolute atomic E-state index is 12.2. The molecule has 3 saturated heterocycles. The van der Waals surface area contributed by atoms with E-state index in [1.807, 2.05) is 17.2 Å². The van der Waals surface area contributed by atoms with Crippen molar-refractivity contribution in [1.29, 1.82) is 4.78 Å². The number of fused-ring (bicyclic) bond motifs is 2. The molecule has 9 nitrogen and oxygen atoms in total. The minimum absolute atomic E-state index is 0.0499. The van der Waals surface area contributed by atoms with Gasteiger partial charge in [-0.25, -0.2) is 9.19 Å². The van der Waals surface area contributed by atoms with Crippen LogP contribution in [0.4, 0.5) is 17.2 Å². The number of piperidine rings is 2. The van der Waals surface area contributed by atoms with Gasteiger partial charge in [0, 0.05) is 65.3 Å². The summed E-state index contributed by atoms with van der Waals surface area (Å²) in [6.07, 6.45) is 7.57. The number of rotatable bonds is 4. The summed E-state index contributed by atoms with van der Waals surface area (Å²) in [5.74, 6) is 2.98. The number of carbonyl (C=O) groups is 1. The molecule has 208 valence electrons. The third-order valence-electron chi connectivity index (χ3n) is 8.85. The van der Waals surface area contributed by atoms with Crippen LogP contribution in [-0.4, -0.2) is 81.7 Å². The first-order valence-corrected chi connectivity index (χ1v) is 16.0. The average molecular weight is 551 g/mol. The molecule has 0 bridgehead atoms. The lowest BCUT2D eigenvalue weighted by atomic mass is 9.87. The molecule has 5 heterocycles. The molecule has 1 aromatic heterocycles. The fourth-order valence-electron chi connectivity index (χ4n) is 6.48. The predicted molar refractivity (Wildman–Crippen MR) is 154 cm³/mol. The number of nitrogens with zero attached hydrogens (tertiary/aromatic N) is 4. The lowest BCUT2D eigenvalue weighted by Gasteiger charge is -2.41. The lowest BCUT2D eigenvalue weighted by Crippen LogP contribution is -2.48. The van der Waals surface area contributed by atoms with Crippen molar-refractivity contribution in [2.24, 2.45) is 0 Å². The number of aromatic nitrogens is 1. The van der Waals surface area contributed by atoms with Crippen LogP contribution in [0.25, 0.3) is 0 Å². The van der Waals surface area contributed by atoms with Crippen LogP contribution in [0, 0.1) is 4.78 Å². The summed E-state index contributed by atoms with van der Waals surface area (Å²) in [5, 5.41) is 3.55. The quantitative estimate of drug-likeness (QED) is 0.556. The summed E-state index contributed by atoms with van der Waals surface area (Å²) in [6.45, 7) is 9.08. The van der Waals surface area contributed by atoms with E-state index in [1.54, 1.807) is 0 Å². The molecular formula is C29H38N6O3S. The van der Waals surface area contributed by atoms with Gasteiger partial charge in [-0.3, -0.25) is 9.57 Å². The van der Waals surface area contributed by atoms with Crippen LogP contribution in [0.3, 0.4) is 0 Å². The van der Waals surface area contributed by atoms with E-state index < -0.39 is 9.73 Å². The number of hydrogen-bond donors (Lipinski definition) is 2. The van der Waals surface area contributed by atoms with Gasteiger partial charge in [0.05, 0.1) is 11.3 Å². The van der Waals surface area contributed by atoms with Crippen molar-refractivity contribution < 1.29 is 13.7 Å². The molecule has 1 amide bonds. The maximum Gasteiger partial charge on any atom is 0.245 e. The van der Waals surface area contributed by atoms with E-state index in [0.717, 1.165) is 80.4 Å². The number of likely N-dealkylation sites (tertiary alicyclic amines) is 2. The van der Waals surface area contributed by atoms with Crippen LogP contribution in [0.5, 0.6) is 5.75 Å². The average Bonchev–Trinajstić information content (AvgIpc) is 3.16. The lowest BCUT2D eigenvalue weighted by molar-refractivity contribution is -0.127. The molecule has 0 saturated carbocycles. The van der Waals surface area contributed by atoms with E-state index in [0.29, 0.717) is 43.2 Å². The van der Waals surface area contributed by atoms with E-state index in [9.17, 15) is 9.00 Å². The Morgan fingerprint density at radius 1 is 1.08 bits per heavy atom. The normalized spacial score (nSPS) is 22.2. The van der Waals surface area contributed by atoms with Crippen molar-refractivity contribution in [2.75, 3.05) is 61.0 Å². The molecule has 0 radical (unpaired) electrons. The highest BCUT2D eigenvalue weighted by atomic mass is 32.2. The third-order valence-corrected chi connectivity index (χ3v) is 10.5. The van der Waals surface area contributed by atoms with Crippen molar-refractivity contribution in [3.8, 4) is 5.75 Å². The SMILES string of the molecule is C=CC(=O)N1CCC(N2CCC(c3ccc4c(c3)Nc3nccc(N5CCS(=N)(=O)CC5)c3CO4)CC2)CC1. The van der Waals surface area contributed by atoms with E-state index in [2.05, 4.69) is 44.9 Å². The second kappa shape index (κ2) is 10.8. The number of nitrogens with one attached hydrogen (secondary N) is 2. The summed E-state index contributed by atoms with van der Waals surface area (Å²) >= 11 is 0. The van der Waals surface area contributed by atoms with Crippen LogP contribution in [0.15, 0.2) is 43.1 Å². The van der Waals surface area contributed by atoms with Crippen LogP contribution in [0.2, 0.25) is 0 Å². The fourth-order valence-corrected chi connectivity index (χ4v) is 7.71. The summed E-state index contributed by atoms with van der Waals surface area (Å²) in [7, 11) is -2.45. The highest BCUT2D eigenvalue weighted by Crippen LogP contribution is 2.40. The fraction of sp³-hybridized carbons (Fsp3) is 0.517. The molecular weight excluding hydrogens is 512 g/mol. The zero-order valence-electron chi connectivity index (χ0n) is 22.4. The smallest absolute Gasteiger partial charge is 0.245 e. The molecule has 1 aromatic carbocycles. The monoisotopic (exact) mass is 550 g/mol. The topological polar surface area (TPSA) is 102 Å². The molecule has 4 aliphatic heterocycles. The van der Waals surface area contributed by atoms with Gasteiger partial charge in [-0.1, -0.05) is 12.6 Å². The Hall–Kier alpha value is -3.11. The molecule has 39 heavy (non-hydrogen) atoms. The van der Waals surface area contributed by atoms with Crippen LogP contribution in [0.1, 0.15) is 42.7 Å². The van der Waals surface area contributed by atoms with Crippen molar-refractivity contribution in [1.82, 2.24) is 14.8 Å². The Bertz CT molecular complexity index is 1330. The Morgan fingerprint density at radius 3 is 2.54 bits per heavy atom. The summed E-state index contributed by atoms with van der Waals surface area (Å²) in [4.78, 5) is 23.3. The summed E-state index contributed by atoms with van der Waals surface area (Å²) < 4.78 is 26.3. The molecule has 2 aromatic rings. The number of hydrogen-bond acceptors (Lipinski definition) is 8. The molecule has 0 unspecified atom stereocenters. The van der Waals surface area contributed by atoms with E-state index in [1.165, 1.54) is 11.6 Å². The minimum Gasteiger partial charge on any atom is -0.487 e. The Labute approximate surface area is 231 Å². The van der Waals surface area contributed by atoms with Crippen molar-refractivity contribution in [3.05, 3.63) is 54.2 Å². The maximum atomic E-state index is 12.2. The van der Waals surface area contributed by atoms with E-state index in [-0.39, 0.29) is 5.91 Å². The van der Waals surface area contributed by atoms with E-state index >= 15 is 0 Å². The van der Waals surface area contributed by atoms with Gasteiger partial charge in [-0.15, -0.1) is 0 Å². The van der Waals surface area contributed by atoms with Gasteiger partial charge in [0.1, 0.15) is 18.2 Å². The molecule has 3 fully saturated rings. The van der Waals surface area contributed by atoms with Crippen LogP contribution < -0.4 is 15.0 Å². The van der Waals surface area contributed by atoms with Crippen molar-refractivity contribution in [3.63, 3.8) is 0 Å². The highest BCUT2D eigenvalue weighted by Gasteiger charge is 2.30. The van der Waals surface area contributed by atoms with Gasteiger partial charge >= 0.3 is 0 Å². The molecule has 4 aliphatic rings. The zero-order chi connectivity index (χ0) is 27.0. The predicted octanol–water partition coefficient (Wildman–Crippen LogP) is 3.94. The van der Waals surface area contributed by atoms with Gasteiger partial charge < -0.3 is 24.8 Å². The first kappa shape index (κ1) is 26.1. The molecule has 2 N–H and O–H groups in total. The van der Waals surface area contributed by atoms with Gasteiger partial charge in [-0.05, 0) is 74.5 Å². The van der Waals surface area contributed by atoms with Crippen molar-refractivity contribution >= 4 is 32.8 Å². The number of pyridine rings is 1. The zero-order valence-corrected chi connectivity index (χ0v) is 23.3. The van der Waals surface area contributed by atoms with Gasteiger partial charge in [0.2, 0.25) is 5.91 Å². The molecule has 0 spiro atoms. The Balaban J connectivity index is 1.11. The van der Waals surface area contributed by atoms with Gasteiger partial charge in [0.25, 0.3) is 0 Å². The van der Waals surface area contributed by atoms with Gasteiger partial charge in [0.15, 0.2) is 0 Å². The highest BCUT2D eigenvalue weighted by molar-refractivity contribution is 7.92. The van der Waals surface area contributed by atoms with E-state index in [4.69, 9.17) is 9.52 Å². The Morgan fingerprint density at radius 2 is 1.82 bits per heavy atom. The molecule has 0 atom stereocenters. The first-order chi connectivity index (χ1) is 18.9. The molecule has 10 heteroatoms. The number of ether oxygens (including phenoxy) is 1. The largest absolute Gasteiger partial charge is 0.487 e. The second-order valence-corrected chi connectivity index (χ2v) is 13.5. The summed E-state index contributed by atoms with van der Waals surface area (Å²) in [5.41, 5.74) is 4.33. The van der Waals surface area contributed by atoms with Crippen molar-refractivity contribution in [2.45, 2.75) is 44.2 Å². The summed E-state index contributed by atoms with van der Waals surface area (Å²) in [6, 6.07) is 9.08. The Kier molecular flexibility index (Phi) is 7.24. The number of amides is 1. The third kappa shape index (κ3) is 5.49. The number of carbonyl (C=O) groups excluding carboxylic acids is 1.